The summed E-state index contributed by atoms with van der Waals surface area (Å²) in [4.78, 5) is 73.1. The second-order valence-corrected chi connectivity index (χ2v) is 29.1. The van der Waals surface area contributed by atoms with Crippen molar-refractivity contribution in [2.75, 3.05) is 39.6 Å². The van der Waals surface area contributed by atoms with Gasteiger partial charge in [-0.1, -0.05) is 298 Å². The lowest BCUT2D eigenvalue weighted by Gasteiger charge is -2.21. The summed E-state index contributed by atoms with van der Waals surface area (Å²) >= 11 is 0. The number of allylic oxidation sites excluding steroid dienone is 36. The zero-order valence-corrected chi connectivity index (χ0v) is 69.4. The molecule has 0 amide bonds. The molecule has 0 fully saturated rings. The monoisotopic (exact) mass is 1570 g/mol. The molecular formula is C91H142O17P2. The molecule has 618 valence electrons. The number of ether oxygens (including phenoxy) is 4. The summed E-state index contributed by atoms with van der Waals surface area (Å²) in [5.74, 6) is -2.48. The van der Waals surface area contributed by atoms with Crippen LogP contribution in [0.15, 0.2) is 219 Å². The van der Waals surface area contributed by atoms with Crippen molar-refractivity contribution < 1.29 is 80.2 Å². The van der Waals surface area contributed by atoms with E-state index in [1.165, 1.54) is 38.5 Å². The molecule has 3 N–H and O–H groups in total. The summed E-state index contributed by atoms with van der Waals surface area (Å²) in [5, 5.41) is 10.7. The Morgan fingerprint density at radius 2 is 0.500 bits per heavy atom. The third-order valence-corrected chi connectivity index (χ3v) is 17.8. The summed E-state index contributed by atoms with van der Waals surface area (Å²) in [6, 6.07) is 0. The Morgan fingerprint density at radius 3 is 0.836 bits per heavy atom. The first kappa shape index (κ1) is 103. The van der Waals surface area contributed by atoms with Crippen molar-refractivity contribution in [2.24, 2.45) is 0 Å². The Hall–Kier alpha value is -6.62. The molecule has 0 saturated heterocycles. The van der Waals surface area contributed by atoms with E-state index in [0.717, 1.165) is 135 Å². The number of phosphoric acid groups is 2. The number of phosphoric ester groups is 2. The normalized spacial score (nSPS) is 14.9. The minimum atomic E-state index is -5.03. The maximum atomic E-state index is 13.1. The Morgan fingerprint density at radius 1 is 0.264 bits per heavy atom. The van der Waals surface area contributed by atoms with Gasteiger partial charge in [-0.25, -0.2) is 9.13 Å². The van der Waals surface area contributed by atoms with Gasteiger partial charge in [-0.05, 0) is 167 Å². The van der Waals surface area contributed by atoms with Gasteiger partial charge in [0.2, 0.25) is 0 Å². The van der Waals surface area contributed by atoms with Crippen LogP contribution in [0, 0.1) is 0 Å². The summed E-state index contributed by atoms with van der Waals surface area (Å²) in [6.07, 6.45) is 102. The quantitative estimate of drug-likeness (QED) is 0.0169. The molecule has 0 heterocycles. The number of unbranched alkanes of at least 4 members (excludes halogenated alkanes) is 12. The van der Waals surface area contributed by atoms with Crippen molar-refractivity contribution in [1.29, 1.82) is 0 Å². The van der Waals surface area contributed by atoms with Crippen LogP contribution in [-0.4, -0.2) is 96.7 Å². The first-order valence-electron chi connectivity index (χ1n) is 41.0. The molecule has 0 aromatic heterocycles. The lowest BCUT2D eigenvalue weighted by molar-refractivity contribution is -0.161. The number of rotatable bonds is 74. The molecule has 5 unspecified atom stereocenters. The highest BCUT2D eigenvalue weighted by molar-refractivity contribution is 7.47. The van der Waals surface area contributed by atoms with E-state index in [1.54, 1.807) is 0 Å². The van der Waals surface area contributed by atoms with Gasteiger partial charge in [0.05, 0.1) is 26.4 Å². The number of carbonyl (C=O) groups excluding carboxylic acids is 4. The van der Waals surface area contributed by atoms with Gasteiger partial charge >= 0.3 is 39.5 Å². The largest absolute Gasteiger partial charge is 0.472 e. The number of aliphatic hydroxyl groups is 1. The van der Waals surface area contributed by atoms with Crippen LogP contribution in [0.25, 0.3) is 0 Å². The summed E-state index contributed by atoms with van der Waals surface area (Å²) in [7, 11) is -10.1. The lowest BCUT2D eigenvalue weighted by Crippen LogP contribution is -2.30. The van der Waals surface area contributed by atoms with Gasteiger partial charge in [0.25, 0.3) is 0 Å². The van der Waals surface area contributed by atoms with E-state index in [-0.39, 0.29) is 25.7 Å². The number of hydrogen-bond donors (Lipinski definition) is 3. The smallest absolute Gasteiger partial charge is 0.462 e. The Balaban J connectivity index is 5.60. The van der Waals surface area contributed by atoms with Gasteiger partial charge < -0.3 is 33.8 Å². The molecule has 0 bridgehead atoms. The van der Waals surface area contributed by atoms with Crippen LogP contribution < -0.4 is 0 Å². The first-order valence-corrected chi connectivity index (χ1v) is 44.0. The van der Waals surface area contributed by atoms with E-state index < -0.39 is 97.5 Å². The Kier molecular flexibility index (Phi) is 75.6. The molecule has 0 radical (unpaired) electrons. The molecule has 17 nitrogen and oxygen atoms in total. The maximum absolute atomic E-state index is 13.1. The lowest BCUT2D eigenvalue weighted by atomic mass is 10.1. The predicted octanol–water partition coefficient (Wildman–Crippen LogP) is 24.4. The molecule has 110 heavy (non-hydrogen) atoms. The number of hydrogen-bond acceptors (Lipinski definition) is 15. The van der Waals surface area contributed by atoms with Crippen LogP contribution in [0.1, 0.15) is 272 Å². The Bertz CT molecular complexity index is 2950. The molecule has 5 atom stereocenters. The molecule has 0 spiro atoms. The third kappa shape index (κ3) is 79.5. The van der Waals surface area contributed by atoms with Crippen LogP contribution >= 0.6 is 15.6 Å². The second kappa shape index (κ2) is 80.4. The number of esters is 4. The molecule has 0 aliphatic rings. The van der Waals surface area contributed by atoms with Gasteiger partial charge in [0.15, 0.2) is 12.2 Å². The van der Waals surface area contributed by atoms with Gasteiger partial charge in [-0.2, -0.15) is 0 Å². The highest BCUT2D eigenvalue weighted by Gasteiger charge is 2.30. The molecular weight excluding hydrogens is 1430 g/mol. The SMILES string of the molecule is CC/C=C\C/C=C\C/C=C\C/C=C\C/C=C\C/C=C\CCC(=O)OCC(COP(=O)(O)OCC(O)COP(=O)(O)OCC(COC(=O)CCC/C=C\C/C=C\C/C=C\C/C=C\C/C=C\CC)OC(=O)CCCCCCC/C=C\CCCCCCCC)OC(=O)CC/C=C\C/C=C\C/C=C\C/C=C\C/C=C\C/C=C\CC. The zero-order valence-electron chi connectivity index (χ0n) is 67.6. The molecule has 19 heteroatoms. The first-order chi connectivity index (χ1) is 53.7. The van der Waals surface area contributed by atoms with Crippen LogP contribution in [0.5, 0.6) is 0 Å². The molecule has 0 aliphatic carbocycles. The third-order valence-electron chi connectivity index (χ3n) is 15.9. The van der Waals surface area contributed by atoms with Crippen molar-refractivity contribution in [2.45, 2.75) is 290 Å². The van der Waals surface area contributed by atoms with Crippen molar-refractivity contribution in [3.05, 3.63) is 219 Å². The minimum absolute atomic E-state index is 0.00932. The molecule has 0 aliphatic heterocycles. The fourth-order valence-corrected chi connectivity index (χ4v) is 11.4. The molecule has 0 saturated carbocycles. The maximum Gasteiger partial charge on any atom is 0.472 e. The topological polar surface area (TPSA) is 237 Å². The fourth-order valence-electron chi connectivity index (χ4n) is 9.83. The van der Waals surface area contributed by atoms with Gasteiger partial charge in [0.1, 0.15) is 19.3 Å². The summed E-state index contributed by atoms with van der Waals surface area (Å²) in [5.41, 5.74) is 0. The highest BCUT2D eigenvalue weighted by Crippen LogP contribution is 2.45. The average molecular weight is 1570 g/mol. The standard InChI is InChI=1S/C91H142O17P2/c1-5-9-13-17-21-25-29-33-37-40-42-45-49-52-56-60-64-68-72-76-89(94)102-82-87(108-91(96)78-74-70-66-62-58-54-50-46-43-41-38-34-30-26-22-18-14-10-6-2)84-106-110(99,100)104-80-85(92)79-103-109(97,98)105-83-86(107-90(95)77-73-69-65-61-57-53-47-36-32-28-24-20-16-12-8-4)81-101-88(93)75-71-67-63-59-55-51-48-44-39-35-31-27-23-19-15-11-7-3/h9-11,13-15,21-23,25-27,33-39,42-43,45-48,51-52,54,56,58-59,63-64,66,68,70,85-87,92H,5-8,12,16-20,24,28-32,40-41,44,49-50,53,55,57,60-62,65,67,69,71-84H2,1-4H3,(H,97,98)(H,99,100)/b13-9-,14-10-,15-11-,25-21-,26-22-,27-23-,37-33-,38-34-,39-35-,45-42-,46-43-,47-36-,51-48-,56-52-,58-54-,63-59-,68-64-,70-66-. The summed E-state index contributed by atoms with van der Waals surface area (Å²) < 4.78 is 68.5. The van der Waals surface area contributed by atoms with Crippen molar-refractivity contribution in [3.8, 4) is 0 Å². The fraction of sp³-hybridized carbons (Fsp3) is 0.560. The van der Waals surface area contributed by atoms with E-state index in [1.807, 2.05) is 48.6 Å². The van der Waals surface area contributed by atoms with E-state index >= 15 is 0 Å². The second-order valence-electron chi connectivity index (χ2n) is 26.2. The number of carbonyl (C=O) groups is 4. The Labute approximate surface area is 664 Å². The van der Waals surface area contributed by atoms with E-state index in [2.05, 4.69) is 198 Å². The average Bonchev–Trinajstić information content (AvgIpc) is 0.900. The molecule has 0 aromatic rings. The van der Waals surface area contributed by atoms with Crippen LogP contribution in [0.3, 0.4) is 0 Å². The summed E-state index contributed by atoms with van der Waals surface area (Å²) in [6.45, 7) is 4.25. The molecule has 0 rings (SSSR count). The van der Waals surface area contributed by atoms with Crippen molar-refractivity contribution in [3.63, 3.8) is 0 Å². The van der Waals surface area contributed by atoms with E-state index in [4.69, 9.17) is 37.0 Å². The van der Waals surface area contributed by atoms with Crippen LogP contribution in [-0.2, 0) is 65.4 Å². The van der Waals surface area contributed by atoms with Gasteiger partial charge in [-0.15, -0.1) is 0 Å². The van der Waals surface area contributed by atoms with Crippen LogP contribution in [0.2, 0.25) is 0 Å². The van der Waals surface area contributed by atoms with Crippen LogP contribution in [0.4, 0.5) is 0 Å². The van der Waals surface area contributed by atoms with E-state index in [0.29, 0.717) is 44.9 Å². The highest BCUT2D eigenvalue weighted by atomic mass is 31.2. The van der Waals surface area contributed by atoms with Crippen molar-refractivity contribution >= 4 is 39.5 Å². The van der Waals surface area contributed by atoms with Crippen molar-refractivity contribution in [1.82, 2.24) is 0 Å². The van der Waals surface area contributed by atoms with E-state index in [9.17, 15) is 43.2 Å². The number of aliphatic hydroxyl groups excluding tert-OH is 1. The minimum Gasteiger partial charge on any atom is -0.462 e. The zero-order chi connectivity index (χ0) is 80.3. The molecule has 0 aromatic carbocycles. The van der Waals surface area contributed by atoms with Gasteiger partial charge in [0, 0.05) is 25.7 Å². The van der Waals surface area contributed by atoms with Gasteiger partial charge in [-0.3, -0.25) is 37.3 Å². The predicted molar refractivity (Wildman–Crippen MR) is 454 cm³/mol.